The van der Waals surface area contributed by atoms with Crippen molar-refractivity contribution >= 4 is 45.8 Å². The molecule has 0 saturated heterocycles. The average Bonchev–Trinajstić information content (AvgIpc) is 2.39. The quantitative estimate of drug-likeness (QED) is 0.807. The highest BCUT2D eigenvalue weighted by molar-refractivity contribution is 9.10. The molecule has 130 valence electrons. The van der Waals surface area contributed by atoms with Gasteiger partial charge in [-0.05, 0) is 36.1 Å². The largest absolute Gasteiger partial charge is 0.335 e. The molecule has 3 N–H and O–H groups in total. The van der Waals surface area contributed by atoms with Crippen molar-refractivity contribution in [3.05, 3.63) is 28.2 Å². The number of benzene rings is 1. The highest BCUT2D eigenvalue weighted by atomic mass is 79.9. The summed E-state index contributed by atoms with van der Waals surface area (Å²) in [6, 6.07) is 4.95. The van der Waals surface area contributed by atoms with Gasteiger partial charge in [0.2, 0.25) is 11.8 Å². The number of nitrogens with zero attached hydrogens (tertiary/aromatic N) is 1. The zero-order valence-electron chi connectivity index (χ0n) is 14.1. The molecule has 0 spiro atoms. The smallest absolute Gasteiger partial charge is 0.243 e. The van der Waals surface area contributed by atoms with Gasteiger partial charge in [-0.25, -0.2) is 0 Å². The average molecular weight is 407 g/mol. The number of carbonyl (C=O) groups is 2. The van der Waals surface area contributed by atoms with E-state index in [9.17, 15) is 9.59 Å². The lowest BCUT2D eigenvalue weighted by Crippen LogP contribution is -2.50. The Morgan fingerprint density at radius 3 is 2.39 bits per heavy atom. The standard InChI is InChI=1S/C16H24BrN3O2.ClH/c1-10-8-11(17)6-7-12(10)19-13(21)9-20(5)15(22)14(18)16(2,3)4;/h6-8,14H,9,18H2,1-5H3,(H,19,21);1H/t14-;/m1./s1. The number of nitrogens with two attached hydrogens (primary N) is 1. The fourth-order valence-corrected chi connectivity index (χ4v) is 2.33. The Hall–Kier alpha value is -1.11. The third kappa shape index (κ3) is 6.49. The Morgan fingerprint density at radius 2 is 1.91 bits per heavy atom. The van der Waals surface area contributed by atoms with Crippen molar-refractivity contribution in [3.63, 3.8) is 0 Å². The van der Waals surface area contributed by atoms with E-state index in [1.54, 1.807) is 7.05 Å². The van der Waals surface area contributed by atoms with Gasteiger partial charge in [0.15, 0.2) is 0 Å². The number of aryl methyl sites for hydroxylation is 1. The highest BCUT2D eigenvalue weighted by Gasteiger charge is 2.30. The van der Waals surface area contributed by atoms with E-state index in [1.807, 2.05) is 45.9 Å². The second-order valence-electron chi connectivity index (χ2n) is 6.55. The molecule has 0 aliphatic rings. The van der Waals surface area contributed by atoms with E-state index >= 15 is 0 Å². The molecule has 0 fully saturated rings. The number of likely N-dealkylation sites (N-methyl/N-ethyl adjacent to an activating group) is 1. The van der Waals surface area contributed by atoms with Gasteiger partial charge in [-0.15, -0.1) is 12.4 Å². The van der Waals surface area contributed by atoms with Crippen LogP contribution in [0.2, 0.25) is 0 Å². The van der Waals surface area contributed by atoms with Crippen molar-refractivity contribution < 1.29 is 9.59 Å². The van der Waals surface area contributed by atoms with E-state index in [2.05, 4.69) is 21.2 Å². The Balaban J connectivity index is 0.00000484. The van der Waals surface area contributed by atoms with Gasteiger partial charge in [0.05, 0.1) is 12.6 Å². The summed E-state index contributed by atoms with van der Waals surface area (Å²) in [5.74, 6) is -0.488. The summed E-state index contributed by atoms with van der Waals surface area (Å²) >= 11 is 3.38. The molecular formula is C16H25BrClN3O2. The number of rotatable bonds is 4. The fraction of sp³-hybridized carbons (Fsp3) is 0.500. The SMILES string of the molecule is Cc1cc(Br)ccc1NC(=O)CN(C)C(=O)[C@@H](N)C(C)(C)C.Cl. The van der Waals surface area contributed by atoms with E-state index in [1.165, 1.54) is 4.90 Å². The summed E-state index contributed by atoms with van der Waals surface area (Å²) in [6.45, 7) is 7.57. The lowest BCUT2D eigenvalue weighted by atomic mass is 9.86. The van der Waals surface area contributed by atoms with Crippen molar-refractivity contribution in [3.8, 4) is 0 Å². The van der Waals surface area contributed by atoms with Gasteiger partial charge < -0.3 is 16.0 Å². The van der Waals surface area contributed by atoms with Crippen LogP contribution < -0.4 is 11.1 Å². The summed E-state index contributed by atoms with van der Waals surface area (Å²) < 4.78 is 0.950. The molecule has 0 unspecified atom stereocenters. The van der Waals surface area contributed by atoms with Crippen molar-refractivity contribution in [1.29, 1.82) is 0 Å². The van der Waals surface area contributed by atoms with Crippen molar-refractivity contribution in [2.75, 3.05) is 18.9 Å². The van der Waals surface area contributed by atoms with Gasteiger partial charge in [-0.2, -0.15) is 0 Å². The molecule has 0 aliphatic carbocycles. The zero-order chi connectivity index (χ0) is 17.1. The maximum atomic E-state index is 12.2. The molecular weight excluding hydrogens is 382 g/mol. The molecule has 0 bridgehead atoms. The Kier molecular flexibility index (Phi) is 8.24. The normalized spacial score (nSPS) is 12.1. The number of hydrogen-bond acceptors (Lipinski definition) is 3. The molecule has 2 amide bonds. The van der Waals surface area contributed by atoms with Gasteiger partial charge in [-0.1, -0.05) is 36.7 Å². The maximum absolute atomic E-state index is 12.2. The summed E-state index contributed by atoms with van der Waals surface area (Å²) in [5, 5.41) is 2.81. The van der Waals surface area contributed by atoms with Crippen LogP contribution in [0.3, 0.4) is 0 Å². The van der Waals surface area contributed by atoms with E-state index in [-0.39, 0.29) is 36.2 Å². The number of anilines is 1. The predicted molar refractivity (Wildman–Crippen MR) is 99.8 cm³/mol. The molecule has 1 aromatic carbocycles. The minimum absolute atomic E-state index is 0. The zero-order valence-corrected chi connectivity index (χ0v) is 16.5. The molecule has 1 rings (SSSR count). The molecule has 0 radical (unpaired) electrons. The van der Waals surface area contributed by atoms with E-state index in [4.69, 9.17) is 5.73 Å². The lowest BCUT2D eigenvalue weighted by molar-refractivity contribution is -0.136. The molecule has 23 heavy (non-hydrogen) atoms. The number of amides is 2. The number of halogens is 2. The third-order valence-electron chi connectivity index (χ3n) is 3.42. The minimum atomic E-state index is -0.639. The van der Waals surface area contributed by atoms with Crippen LogP contribution in [-0.2, 0) is 9.59 Å². The number of hydrogen-bond donors (Lipinski definition) is 2. The molecule has 1 aromatic rings. The summed E-state index contributed by atoms with van der Waals surface area (Å²) in [4.78, 5) is 25.6. The second-order valence-corrected chi connectivity index (χ2v) is 7.46. The summed E-state index contributed by atoms with van der Waals surface area (Å²) in [6.07, 6.45) is 0. The first-order valence-electron chi connectivity index (χ1n) is 7.09. The van der Waals surface area contributed by atoms with Crippen molar-refractivity contribution in [2.24, 2.45) is 11.1 Å². The molecule has 0 heterocycles. The summed E-state index contributed by atoms with van der Waals surface area (Å²) in [7, 11) is 1.59. The van der Waals surface area contributed by atoms with Crippen LogP contribution >= 0.6 is 28.3 Å². The first kappa shape index (κ1) is 21.9. The van der Waals surface area contributed by atoms with Crippen molar-refractivity contribution in [1.82, 2.24) is 4.90 Å². The van der Waals surface area contributed by atoms with Gasteiger partial charge in [-0.3, -0.25) is 9.59 Å². The minimum Gasteiger partial charge on any atom is -0.335 e. The molecule has 7 heteroatoms. The monoisotopic (exact) mass is 405 g/mol. The predicted octanol–water partition coefficient (Wildman–Crippen LogP) is 2.95. The van der Waals surface area contributed by atoms with Gasteiger partial charge in [0, 0.05) is 17.2 Å². The van der Waals surface area contributed by atoms with Gasteiger partial charge in [0.25, 0.3) is 0 Å². The fourth-order valence-electron chi connectivity index (χ4n) is 1.86. The topological polar surface area (TPSA) is 75.4 Å². The second kappa shape index (κ2) is 8.66. The summed E-state index contributed by atoms with van der Waals surface area (Å²) in [5.41, 5.74) is 7.27. The Bertz CT molecular complexity index is 573. The van der Waals surface area contributed by atoms with Crippen LogP contribution in [0.5, 0.6) is 0 Å². The van der Waals surface area contributed by atoms with E-state index in [0.29, 0.717) is 0 Å². The first-order valence-corrected chi connectivity index (χ1v) is 7.88. The first-order chi connectivity index (χ1) is 10.0. The highest BCUT2D eigenvalue weighted by Crippen LogP contribution is 2.20. The molecule has 1 atom stereocenters. The molecule has 0 aliphatic heterocycles. The molecule has 0 aromatic heterocycles. The third-order valence-corrected chi connectivity index (χ3v) is 3.91. The molecule has 5 nitrogen and oxygen atoms in total. The van der Waals surface area contributed by atoms with Crippen LogP contribution in [0.25, 0.3) is 0 Å². The maximum Gasteiger partial charge on any atom is 0.243 e. The van der Waals surface area contributed by atoms with Crippen molar-refractivity contribution in [2.45, 2.75) is 33.7 Å². The van der Waals surface area contributed by atoms with Gasteiger partial charge >= 0.3 is 0 Å². The van der Waals surface area contributed by atoms with Crippen LogP contribution in [0.4, 0.5) is 5.69 Å². The Labute approximate surface area is 152 Å². The number of carbonyl (C=O) groups excluding carboxylic acids is 2. The van der Waals surface area contributed by atoms with Crippen LogP contribution in [0.15, 0.2) is 22.7 Å². The lowest BCUT2D eigenvalue weighted by Gasteiger charge is -2.29. The van der Waals surface area contributed by atoms with Crippen LogP contribution in [-0.4, -0.2) is 36.3 Å². The van der Waals surface area contributed by atoms with E-state index in [0.717, 1.165) is 15.7 Å². The number of nitrogens with one attached hydrogen (secondary N) is 1. The van der Waals surface area contributed by atoms with E-state index < -0.39 is 6.04 Å². The van der Waals surface area contributed by atoms with Gasteiger partial charge in [0.1, 0.15) is 0 Å². The van der Waals surface area contributed by atoms with Crippen LogP contribution in [0, 0.1) is 12.3 Å². The Morgan fingerprint density at radius 1 is 1.35 bits per heavy atom. The van der Waals surface area contributed by atoms with Crippen LogP contribution in [0.1, 0.15) is 26.3 Å². The molecule has 0 saturated carbocycles.